The molecular formula is C45H35N3. The van der Waals surface area contributed by atoms with Crippen LogP contribution in [0.5, 0.6) is 0 Å². The van der Waals surface area contributed by atoms with E-state index in [1.54, 1.807) is 0 Å². The van der Waals surface area contributed by atoms with Crippen molar-refractivity contribution in [2.24, 2.45) is 5.92 Å². The number of hydrogen-bond acceptors (Lipinski definition) is 3. The van der Waals surface area contributed by atoms with Crippen molar-refractivity contribution in [1.82, 2.24) is 15.0 Å². The van der Waals surface area contributed by atoms with Crippen molar-refractivity contribution in [1.29, 1.82) is 0 Å². The molecule has 3 aliphatic carbocycles. The molecular weight excluding hydrogens is 583 g/mol. The van der Waals surface area contributed by atoms with Gasteiger partial charge >= 0.3 is 0 Å². The molecule has 0 spiro atoms. The minimum Gasteiger partial charge on any atom is -0.256 e. The molecule has 230 valence electrons. The first kappa shape index (κ1) is 28.5. The molecule has 3 atom stereocenters. The number of rotatable bonds is 4. The fraction of sp³-hybridized carbons (Fsp3) is 0.133. The SMILES string of the molecule is CC1CC=Cc2cc(-c3cc(C4=Cc5ccccc5C5C=CC=CCC45)nc(-c4ccc(-c5ccccn5)cc4)n3)c3ccccc3c21. The third kappa shape index (κ3) is 4.94. The van der Waals surface area contributed by atoms with E-state index in [9.17, 15) is 0 Å². The first-order chi connectivity index (χ1) is 23.7. The van der Waals surface area contributed by atoms with Crippen LogP contribution in [-0.2, 0) is 0 Å². The van der Waals surface area contributed by atoms with Crippen LogP contribution in [0.1, 0.15) is 59.5 Å². The number of hydrogen-bond donors (Lipinski definition) is 0. The van der Waals surface area contributed by atoms with E-state index in [2.05, 4.69) is 139 Å². The highest BCUT2D eigenvalue weighted by molar-refractivity contribution is 6.01. The van der Waals surface area contributed by atoms with Crippen molar-refractivity contribution in [3.63, 3.8) is 0 Å². The number of nitrogens with zero attached hydrogens (tertiary/aromatic N) is 3. The van der Waals surface area contributed by atoms with E-state index in [0.29, 0.717) is 5.92 Å². The van der Waals surface area contributed by atoms with E-state index in [-0.39, 0.29) is 11.8 Å². The Hall–Kier alpha value is -5.67. The number of allylic oxidation sites excluding steroid dienone is 6. The van der Waals surface area contributed by atoms with Crippen LogP contribution in [0.4, 0.5) is 0 Å². The molecule has 0 bridgehead atoms. The van der Waals surface area contributed by atoms with Crippen LogP contribution in [-0.4, -0.2) is 15.0 Å². The van der Waals surface area contributed by atoms with Gasteiger partial charge in [0, 0.05) is 28.8 Å². The number of benzene rings is 4. The molecule has 6 aromatic rings. The summed E-state index contributed by atoms with van der Waals surface area (Å²) < 4.78 is 0. The third-order valence-electron chi connectivity index (χ3n) is 10.3. The second-order valence-corrected chi connectivity index (χ2v) is 13.2. The minimum atomic E-state index is 0.279. The smallest absolute Gasteiger partial charge is 0.160 e. The fourth-order valence-electron chi connectivity index (χ4n) is 7.92. The maximum Gasteiger partial charge on any atom is 0.160 e. The summed E-state index contributed by atoms with van der Waals surface area (Å²) in [6.07, 6.45) is 19.9. The van der Waals surface area contributed by atoms with Gasteiger partial charge in [0.1, 0.15) is 0 Å². The third-order valence-corrected chi connectivity index (χ3v) is 10.3. The summed E-state index contributed by atoms with van der Waals surface area (Å²) in [5.74, 6) is 1.77. The van der Waals surface area contributed by atoms with Gasteiger partial charge in [-0.15, -0.1) is 0 Å². The summed E-state index contributed by atoms with van der Waals surface area (Å²) in [6, 6.07) is 36.8. The Morgan fingerprint density at radius 3 is 2.31 bits per heavy atom. The Bertz CT molecular complexity index is 2310. The monoisotopic (exact) mass is 617 g/mol. The van der Waals surface area contributed by atoms with Crippen LogP contribution in [0.15, 0.2) is 140 Å². The molecule has 2 heterocycles. The van der Waals surface area contributed by atoms with Crippen LogP contribution in [0.25, 0.3) is 62.4 Å². The van der Waals surface area contributed by atoms with E-state index in [0.717, 1.165) is 52.4 Å². The summed E-state index contributed by atoms with van der Waals surface area (Å²) in [5, 5.41) is 2.55. The van der Waals surface area contributed by atoms with Gasteiger partial charge in [-0.05, 0) is 93.6 Å². The molecule has 0 saturated heterocycles. The van der Waals surface area contributed by atoms with Gasteiger partial charge in [-0.2, -0.15) is 0 Å². The van der Waals surface area contributed by atoms with Gasteiger partial charge in [0.2, 0.25) is 0 Å². The Morgan fingerprint density at radius 1 is 0.646 bits per heavy atom. The lowest BCUT2D eigenvalue weighted by atomic mass is 9.72. The molecule has 0 saturated carbocycles. The summed E-state index contributed by atoms with van der Waals surface area (Å²) >= 11 is 0. The highest BCUT2D eigenvalue weighted by Crippen LogP contribution is 2.47. The fourth-order valence-corrected chi connectivity index (χ4v) is 7.92. The lowest BCUT2D eigenvalue weighted by Gasteiger charge is -2.32. The van der Waals surface area contributed by atoms with E-state index < -0.39 is 0 Å². The lowest BCUT2D eigenvalue weighted by molar-refractivity contribution is 0.605. The van der Waals surface area contributed by atoms with E-state index >= 15 is 0 Å². The molecule has 0 radical (unpaired) electrons. The zero-order valence-electron chi connectivity index (χ0n) is 26.9. The molecule has 0 amide bonds. The van der Waals surface area contributed by atoms with Gasteiger partial charge in [0.05, 0.1) is 17.1 Å². The summed E-state index contributed by atoms with van der Waals surface area (Å²) in [6.45, 7) is 2.34. The Balaban J connectivity index is 1.27. The van der Waals surface area contributed by atoms with E-state index in [1.807, 2.05) is 24.4 Å². The van der Waals surface area contributed by atoms with Gasteiger partial charge in [-0.25, -0.2) is 9.97 Å². The number of aromatic nitrogens is 3. The molecule has 3 nitrogen and oxygen atoms in total. The first-order valence-electron chi connectivity index (χ1n) is 17.0. The lowest BCUT2D eigenvalue weighted by Crippen LogP contribution is -2.18. The number of fused-ring (bicyclic) bond motifs is 6. The normalized spacial score (nSPS) is 19.3. The molecule has 9 rings (SSSR count). The predicted molar refractivity (Wildman–Crippen MR) is 199 cm³/mol. The molecule has 0 N–H and O–H groups in total. The Kier molecular flexibility index (Phi) is 7.04. The zero-order valence-corrected chi connectivity index (χ0v) is 26.9. The zero-order chi connectivity index (χ0) is 32.0. The Labute approximate surface area is 281 Å². The minimum absolute atomic E-state index is 0.279. The number of pyridine rings is 1. The van der Waals surface area contributed by atoms with Crippen molar-refractivity contribution in [3.05, 3.63) is 168 Å². The summed E-state index contributed by atoms with van der Waals surface area (Å²) in [4.78, 5) is 15.3. The molecule has 4 aromatic carbocycles. The van der Waals surface area contributed by atoms with E-state index in [1.165, 1.54) is 38.6 Å². The molecule has 0 fully saturated rings. The highest BCUT2D eigenvalue weighted by Gasteiger charge is 2.32. The standard InChI is InChI=1S/C45H35N3/c1-29-12-11-14-33-27-40(37-18-7-8-19-38(37)44(29)33)43-28-42(39-26-32-13-5-6-15-34(32)35-16-3-2-4-17-36(35)39)47-45(48-43)31-23-21-30(22-24-31)41-20-9-10-25-46-41/h2-11,13-16,18-29,35-36H,12,17H2,1H3. The van der Waals surface area contributed by atoms with Crippen LogP contribution < -0.4 is 0 Å². The molecule has 48 heavy (non-hydrogen) atoms. The van der Waals surface area contributed by atoms with Gasteiger partial charge in [-0.1, -0.05) is 122 Å². The van der Waals surface area contributed by atoms with Crippen LogP contribution >= 0.6 is 0 Å². The molecule has 3 unspecified atom stereocenters. The van der Waals surface area contributed by atoms with Crippen molar-refractivity contribution >= 4 is 28.5 Å². The summed E-state index contributed by atoms with van der Waals surface area (Å²) in [7, 11) is 0. The van der Waals surface area contributed by atoms with Gasteiger partial charge in [0.25, 0.3) is 0 Å². The summed E-state index contributed by atoms with van der Waals surface area (Å²) in [5.41, 5.74) is 12.7. The van der Waals surface area contributed by atoms with Gasteiger partial charge in [0.15, 0.2) is 5.82 Å². The predicted octanol–water partition coefficient (Wildman–Crippen LogP) is 11.3. The van der Waals surface area contributed by atoms with Crippen molar-refractivity contribution in [3.8, 4) is 33.9 Å². The van der Waals surface area contributed by atoms with E-state index in [4.69, 9.17) is 9.97 Å². The Morgan fingerprint density at radius 2 is 1.44 bits per heavy atom. The average molecular weight is 618 g/mol. The second-order valence-electron chi connectivity index (χ2n) is 13.2. The molecule has 0 aliphatic heterocycles. The van der Waals surface area contributed by atoms with Crippen molar-refractivity contribution in [2.75, 3.05) is 0 Å². The maximum absolute atomic E-state index is 5.37. The quantitative estimate of drug-likeness (QED) is 0.198. The van der Waals surface area contributed by atoms with Crippen LogP contribution in [0, 0.1) is 5.92 Å². The molecule has 3 heteroatoms. The van der Waals surface area contributed by atoms with Crippen LogP contribution in [0.2, 0.25) is 0 Å². The topological polar surface area (TPSA) is 38.7 Å². The van der Waals surface area contributed by atoms with Crippen molar-refractivity contribution < 1.29 is 0 Å². The first-order valence-corrected chi connectivity index (χ1v) is 17.0. The highest BCUT2D eigenvalue weighted by atomic mass is 14.9. The van der Waals surface area contributed by atoms with Gasteiger partial charge in [-0.3, -0.25) is 4.98 Å². The van der Waals surface area contributed by atoms with Crippen LogP contribution in [0.3, 0.4) is 0 Å². The van der Waals surface area contributed by atoms with Gasteiger partial charge < -0.3 is 0 Å². The van der Waals surface area contributed by atoms with Crippen molar-refractivity contribution in [2.45, 2.75) is 31.6 Å². The largest absolute Gasteiger partial charge is 0.256 e. The molecule has 3 aliphatic rings. The molecule has 2 aromatic heterocycles. The second kappa shape index (κ2) is 11.8. The maximum atomic E-state index is 5.37. The average Bonchev–Trinajstić information content (AvgIpc) is 3.41.